The Morgan fingerprint density at radius 3 is 1.92 bits per heavy atom. The van der Waals surface area contributed by atoms with E-state index in [1.165, 1.54) is 12.1 Å². The Balaban J connectivity index is 2.19. The summed E-state index contributed by atoms with van der Waals surface area (Å²) >= 11 is 0. The van der Waals surface area contributed by atoms with E-state index in [9.17, 15) is 13.2 Å². The maximum Gasteiger partial charge on any atom is 0.416 e. The Morgan fingerprint density at radius 1 is 0.875 bits per heavy atom. The summed E-state index contributed by atoms with van der Waals surface area (Å²) in [6.07, 6.45) is 0.839. The van der Waals surface area contributed by atoms with Gasteiger partial charge in [-0.25, -0.2) is 0 Å². The lowest BCUT2D eigenvalue weighted by molar-refractivity contribution is -0.137. The molecule has 0 aliphatic rings. The van der Waals surface area contributed by atoms with Crippen molar-refractivity contribution in [2.24, 2.45) is 0 Å². The van der Waals surface area contributed by atoms with Crippen LogP contribution in [0.4, 0.5) is 13.2 Å². The Bertz CT molecular complexity index is 487. The van der Waals surface area contributed by atoms with E-state index in [1.807, 2.05) is 0 Å². The van der Waals surface area contributed by atoms with Crippen molar-refractivity contribution in [3.05, 3.63) is 35.4 Å². The van der Waals surface area contributed by atoms with Gasteiger partial charge in [-0.2, -0.15) is 13.2 Å². The number of halogens is 3. The molecular formula is C19H31F3OSi. The molecule has 0 N–H and O–H groups in total. The van der Waals surface area contributed by atoms with Crippen LogP contribution in [0, 0.1) is 0 Å². The zero-order valence-corrected chi connectivity index (χ0v) is 16.6. The molecule has 0 bridgehead atoms. The lowest BCUT2D eigenvalue weighted by Crippen LogP contribution is -2.40. The van der Waals surface area contributed by atoms with Gasteiger partial charge in [-0.1, -0.05) is 45.7 Å². The third-order valence-corrected chi connectivity index (χ3v) is 9.45. The minimum absolute atomic E-state index is 0.246. The Labute approximate surface area is 145 Å². The molecule has 0 aromatic heterocycles. The highest BCUT2D eigenvalue weighted by Gasteiger charge is 2.36. The summed E-state index contributed by atoms with van der Waals surface area (Å²) in [7, 11) is -1.64. The maximum absolute atomic E-state index is 12.5. The molecule has 0 radical (unpaired) electrons. The second kappa shape index (κ2) is 8.52. The topological polar surface area (TPSA) is 9.23 Å². The molecule has 0 aliphatic carbocycles. The van der Waals surface area contributed by atoms with Crippen LogP contribution in [0.15, 0.2) is 24.3 Å². The average Bonchev–Trinajstić information content (AvgIpc) is 2.44. The van der Waals surface area contributed by atoms with Crippen LogP contribution >= 0.6 is 0 Å². The second-order valence-corrected chi connectivity index (χ2v) is 12.8. The molecule has 0 saturated heterocycles. The molecule has 1 aromatic rings. The van der Waals surface area contributed by atoms with E-state index in [4.69, 9.17) is 4.43 Å². The molecule has 24 heavy (non-hydrogen) atoms. The Morgan fingerprint density at radius 2 is 1.42 bits per heavy atom. The minimum atomic E-state index is -4.25. The molecule has 0 atom stereocenters. The van der Waals surface area contributed by atoms with Crippen molar-refractivity contribution >= 4 is 8.32 Å². The first-order valence-corrected chi connectivity index (χ1v) is 11.6. The van der Waals surface area contributed by atoms with Crippen molar-refractivity contribution in [3.8, 4) is 0 Å². The zero-order valence-electron chi connectivity index (χ0n) is 15.6. The third-order valence-electron chi connectivity index (χ3n) is 4.91. The summed E-state index contributed by atoms with van der Waals surface area (Å²) in [5.74, 6) is 0. The average molecular weight is 361 g/mol. The number of unbranched alkanes of at least 4 members (excludes halogenated alkanes) is 3. The molecule has 1 rings (SSSR count). The highest BCUT2D eigenvalue weighted by molar-refractivity contribution is 6.74. The third kappa shape index (κ3) is 6.97. The molecule has 0 saturated carbocycles. The quantitative estimate of drug-likeness (QED) is 0.365. The molecule has 138 valence electrons. The van der Waals surface area contributed by atoms with E-state index < -0.39 is 20.1 Å². The summed E-state index contributed by atoms with van der Waals surface area (Å²) in [5.41, 5.74) is 0.398. The fraction of sp³-hybridized carbons (Fsp3) is 0.684. The van der Waals surface area contributed by atoms with Crippen LogP contribution in [0.1, 0.15) is 57.6 Å². The predicted octanol–water partition coefficient (Wildman–Crippen LogP) is 6.83. The minimum Gasteiger partial charge on any atom is -0.417 e. The number of alkyl halides is 3. The smallest absolute Gasteiger partial charge is 0.416 e. The van der Waals surface area contributed by atoms with Crippen molar-refractivity contribution in [2.45, 2.75) is 77.2 Å². The Kier molecular flexibility index (Phi) is 7.54. The molecule has 1 aromatic carbocycles. The highest BCUT2D eigenvalue weighted by Crippen LogP contribution is 2.36. The lowest BCUT2D eigenvalue weighted by atomic mass is 10.0. The molecule has 0 spiro atoms. The van der Waals surface area contributed by atoms with Gasteiger partial charge < -0.3 is 4.43 Å². The van der Waals surface area contributed by atoms with Gasteiger partial charge in [-0.05, 0) is 55.1 Å². The standard InChI is InChI=1S/C19H31F3OSi/c1-18(2,3)24(4,5)23-15-9-7-6-8-10-16-11-13-17(14-12-16)19(20,21)22/h11-14H,6-10,15H2,1-5H3. The number of aryl methyl sites for hydroxylation is 1. The van der Waals surface area contributed by atoms with Gasteiger partial charge in [0, 0.05) is 6.61 Å². The zero-order chi connectivity index (χ0) is 18.4. The second-order valence-electron chi connectivity index (χ2n) is 7.97. The van der Waals surface area contributed by atoms with Crippen LogP contribution in [0.3, 0.4) is 0 Å². The van der Waals surface area contributed by atoms with Crippen LogP contribution in [0.5, 0.6) is 0 Å². The number of rotatable bonds is 8. The van der Waals surface area contributed by atoms with E-state index in [-0.39, 0.29) is 5.04 Å². The summed E-state index contributed by atoms with van der Waals surface area (Å²) in [6.45, 7) is 12.1. The van der Waals surface area contributed by atoms with Crippen molar-refractivity contribution in [1.82, 2.24) is 0 Å². The summed E-state index contributed by atoms with van der Waals surface area (Å²) in [4.78, 5) is 0. The molecule has 0 unspecified atom stereocenters. The summed E-state index contributed by atoms with van der Waals surface area (Å²) in [6, 6.07) is 5.51. The largest absolute Gasteiger partial charge is 0.417 e. The predicted molar refractivity (Wildman–Crippen MR) is 96.8 cm³/mol. The first kappa shape index (κ1) is 21.2. The molecule has 1 nitrogen and oxygen atoms in total. The summed E-state index contributed by atoms with van der Waals surface area (Å²) < 4.78 is 43.6. The normalized spacial score (nSPS) is 13.3. The van der Waals surface area contributed by atoms with Gasteiger partial charge in [0.2, 0.25) is 0 Å². The van der Waals surface area contributed by atoms with Gasteiger partial charge in [-0.3, -0.25) is 0 Å². The molecule has 0 aliphatic heterocycles. The van der Waals surface area contributed by atoms with E-state index in [2.05, 4.69) is 33.9 Å². The van der Waals surface area contributed by atoms with E-state index in [0.717, 1.165) is 44.3 Å². The van der Waals surface area contributed by atoms with Gasteiger partial charge >= 0.3 is 6.18 Å². The first-order chi connectivity index (χ1) is 10.9. The number of benzene rings is 1. The van der Waals surface area contributed by atoms with E-state index in [0.29, 0.717) is 0 Å². The van der Waals surface area contributed by atoms with Crippen molar-refractivity contribution in [1.29, 1.82) is 0 Å². The van der Waals surface area contributed by atoms with Gasteiger partial charge in [0.25, 0.3) is 0 Å². The molecule has 0 fully saturated rings. The van der Waals surface area contributed by atoms with Gasteiger partial charge in [0.15, 0.2) is 8.32 Å². The van der Waals surface area contributed by atoms with Crippen molar-refractivity contribution < 1.29 is 17.6 Å². The fourth-order valence-electron chi connectivity index (χ4n) is 2.19. The van der Waals surface area contributed by atoms with Crippen LogP contribution in [-0.2, 0) is 17.0 Å². The monoisotopic (exact) mass is 360 g/mol. The molecule has 0 amide bonds. The first-order valence-electron chi connectivity index (χ1n) is 8.73. The van der Waals surface area contributed by atoms with Crippen LogP contribution in [0.25, 0.3) is 0 Å². The lowest BCUT2D eigenvalue weighted by Gasteiger charge is -2.36. The van der Waals surface area contributed by atoms with Crippen LogP contribution in [-0.4, -0.2) is 14.9 Å². The van der Waals surface area contributed by atoms with E-state index >= 15 is 0 Å². The highest BCUT2D eigenvalue weighted by atomic mass is 28.4. The van der Waals surface area contributed by atoms with Gasteiger partial charge in [0.1, 0.15) is 0 Å². The van der Waals surface area contributed by atoms with Gasteiger partial charge in [0.05, 0.1) is 5.56 Å². The number of hydrogen-bond donors (Lipinski definition) is 0. The Hall–Kier alpha value is -0.813. The molecule has 0 heterocycles. The fourth-order valence-corrected chi connectivity index (χ4v) is 3.28. The van der Waals surface area contributed by atoms with Crippen LogP contribution in [0.2, 0.25) is 18.1 Å². The maximum atomic E-state index is 12.5. The van der Waals surface area contributed by atoms with Crippen LogP contribution < -0.4 is 0 Å². The van der Waals surface area contributed by atoms with Crippen molar-refractivity contribution in [3.63, 3.8) is 0 Å². The number of hydrogen-bond acceptors (Lipinski definition) is 1. The van der Waals surface area contributed by atoms with Gasteiger partial charge in [-0.15, -0.1) is 0 Å². The van der Waals surface area contributed by atoms with E-state index in [1.54, 1.807) is 12.1 Å². The molecular weight excluding hydrogens is 329 g/mol. The van der Waals surface area contributed by atoms with Crippen molar-refractivity contribution in [2.75, 3.05) is 6.61 Å². The summed E-state index contributed by atoms with van der Waals surface area (Å²) in [5, 5.41) is 0.246. The molecule has 5 heteroatoms. The SMILES string of the molecule is CC(C)(C)[Si](C)(C)OCCCCCCc1ccc(C(F)(F)F)cc1.